The maximum atomic E-state index is 11.3. The molecule has 0 spiro atoms. The number of hydrogen-bond donors (Lipinski definition) is 4. The standard InChI is InChI=1S/3C14H18O2.C12H13N/c3*1-11(2)9-14(3,13(15)16)10-12-7-5-4-6-8-12;1-9(13)11-7-6-10-4-2-3-5-12(10)8-11/h3*4-8H,1,9-10H2,2-3H3,(H,15,16);2-9H,13H2,1H3/p+1/t2*14-;;9-/m11.0/s1. The lowest BCUT2D eigenvalue weighted by molar-refractivity contribution is -0.420. The molecular weight excluding hydrogens is 759 g/mol. The molecule has 6 N–H and O–H groups in total. The van der Waals surface area contributed by atoms with Gasteiger partial charge in [-0.3, -0.25) is 14.4 Å². The van der Waals surface area contributed by atoms with Gasteiger partial charge in [-0.1, -0.05) is 144 Å². The van der Waals surface area contributed by atoms with E-state index in [9.17, 15) is 29.7 Å². The highest BCUT2D eigenvalue weighted by atomic mass is 16.4. The number of carboxylic acid groups (broad SMARTS) is 3. The lowest BCUT2D eigenvalue weighted by Gasteiger charge is -2.25. The van der Waals surface area contributed by atoms with Gasteiger partial charge in [0, 0.05) is 5.56 Å². The van der Waals surface area contributed by atoms with Crippen molar-refractivity contribution in [2.45, 2.75) is 93.0 Å². The third-order valence-corrected chi connectivity index (χ3v) is 10.3. The van der Waals surface area contributed by atoms with Gasteiger partial charge in [-0.2, -0.15) is 0 Å². The van der Waals surface area contributed by atoms with Crippen molar-refractivity contribution in [2.24, 2.45) is 16.2 Å². The van der Waals surface area contributed by atoms with Gasteiger partial charge in [0.25, 0.3) is 0 Å². The molecule has 0 aliphatic heterocycles. The van der Waals surface area contributed by atoms with Gasteiger partial charge in [0.1, 0.15) is 6.04 Å². The molecule has 0 aliphatic carbocycles. The Hall–Kier alpha value is -6.05. The van der Waals surface area contributed by atoms with Crippen molar-refractivity contribution in [3.8, 4) is 0 Å². The Kier molecular flexibility index (Phi) is 20.3. The summed E-state index contributed by atoms with van der Waals surface area (Å²) in [5, 5.41) is 30.5. The van der Waals surface area contributed by atoms with Crippen LogP contribution in [0.3, 0.4) is 0 Å². The van der Waals surface area contributed by atoms with Crippen molar-refractivity contribution >= 4 is 28.7 Å². The van der Waals surface area contributed by atoms with Gasteiger partial charge in [0.05, 0.1) is 16.2 Å². The van der Waals surface area contributed by atoms with E-state index in [1.165, 1.54) is 16.3 Å². The van der Waals surface area contributed by atoms with Gasteiger partial charge in [0.15, 0.2) is 0 Å². The highest BCUT2D eigenvalue weighted by Crippen LogP contribution is 2.32. The normalized spacial score (nSPS) is 13.9. The summed E-state index contributed by atoms with van der Waals surface area (Å²) in [4.78, 5) is 34.0. The van der Waals surface area contributed by atoms with Crippen LogP contribution in [0.4, 0.5) is 0 Å². The van der Waals surface area contributed by atoms with Crippen LogP contribution in [0.25, 0.3) is 10.8 Å². The van der Waals surface area contributed by atoms with Crippen molar-refractivity contribution in [1.82, 2.24) is 0 Å². The van der Waals surface area contributed by atoms with Crippen LogP contribution in [-0.4, -0.2) is 33.2 Å². The van der Waals surface area contributed by atoms with Gasteiger partial charge in [-0.25, -0.2) is 0 Å². The molecule has 0 radical (unpaired) electrons. The molecule has 1 unspecified atom stereocenters. The molecule has 5 aromatic rings. The average Bonchev–Trinajstić information content (AvgIpc) is 3.18. The van der Waals surface area contributed by atoms with Crippen LogP contribution in [0.2, 0.25) is 0 Å². The molecule has 324 valence electrons. The minimum Gasteiger partial charge on any atom is -0.481 e. The van der Waals surface area contributed by atoms with Gasteiger partial charge < -0.3 is 21.1 Å². The largest absolute Gasteiger partial charge is 0.481 e. The summed E-state index contributed by atoms with van der Waals surface area (Å²) in [6.07, 6.45) is 3.15. The van der Waals surface area contributed by atoms with Crippen LogP contribution in [-0.2, 0) is 33.6 Å². The zero-order chi connectivity index (χ0) is 45.8. The predicted molar refractivity (Wildman–Crippen MR) is 251 cm³/mol. The molecule has 0 aromatic heterocycles. The van der Waals surface area contributed by atoms with E-state index in [1.807, 2.05) is 112 Å². The zero-order valence-corrected chi connectivity index (χ0v) is 37.4. The van der Waals surface area contributed by atoms with Gasteiger partial charge in [-0.15, -0.1) is 19.7 Å². The quantitative estimate of drug-likeness (QED) is 0.0730. The van der Waals surface area contributed by atoms with Gasteiger partial charge >= 0.3 is 17.9 Å². The van der Waals surface area contributed by atoms with Crippen LogP contribution >= 0.6 is 0 Å². The number of carboxylic acids is 3. The summed E-state index contributed by atoms with van der Waals surface area (Å²) in [5.41, 5.74) is 8.91. The minimum absolute atomic E-state index is 0.365. The molecule has 0 fully saturated rings. The molecular formula is C54H68NO6+. The van der Waals surface area contributed by atoms with E-state index in [0.29, 0.717) is 44.6 Å². The molecule has 7 heteroatoms. The van der Waals surface area contributed by atoms with E-state index >= 15 is 0 Å². The van der Waals surface area contributed by atoms with Crippen molar-refractivity contribution < 1.29 is 35.4 Å². The first-order chi connectivity index (χ1) is 28.6. The van der Waals surface area contributed by atoms with Gasteiger partial charge in [-0.05, 0) is 121 Å². The van der Waals surface area contributed by atoms with Crippen molar-refractivity contribution in [2.75, 3.05) is 0 Å². The van der Waals surface area contributed by atoms with Crippen molar-refractivity contribution in [1.29, 1.82) is 0 Å². The molecule has 61 heavy (non-hydrogen) atoms. The SMILES string of the molecule is C=C(C)CC(C)(Cc1ccccc1)C(=O)O.C=C(C)C[C@](C)(Cc1ccccc1)C(=O)O.C=C(C)C[C@](C)(Cc1ccccc1)C(=O)O.C[C@H]([NH3+])c1ccc2ccccc2c1. The van der Waals surface area contributed by atoms with Crippen LogP contribution in [0, 0.1) is 16.2 Å². The highest BCUT2D eigenvalue weighted by Gasteiger charge is 2.35. The summed E-state index contributed by atoms with van der Waals surface area (Å²) in [5.74, 6) is -2.29. The summed E-state index contributed by atoms with van der Waals surface area (Å²) >= 11 is 0. The second-order valence-electron chi connectivity index (χ2n) is 17.5. The van der Waals surface area contributed by atoms with E-state index in [-0.39, 0.29) is 0 Å². The van der Waals surface area contributed by atoms with Gasteiger partial charge in [0.2, 0.25) is 0 Å². The Bertz CT molecular complexity index is 2010. The molecule has 0 saturated heterocycles. The fourth-order valence-electron chi connectivity index (χ4n) is 7.29. The monoisotopic (exact) mass is 827 g/mol. The summed E-state index contributed by atoms with van der Waals surface area (Å²) in [7, 11) is 0. The number of aliphatic carboxylic acids is 3. The predicted octanol–water partition coefficient (Wildman–Crippen LogP) is 12.0. The highest BCUT2D eigenvalue weighted by molar-refractivity contribution is 5.83. The van der Waals surface area contributed by atoms with E-state index < -0.39 is 34.2 Å². The Morgan fingerprint density at radius 3 is 1.03 bits per heavy atom. The van der Waals surface area contributed by atoms with Crippen molar-refractivity contribution in [3.05, 3.63) is 192 Å². The maximum absolute atomic E-state index is 11.3. The third-order valence-electron chi connectivity index (χ3n) is 10.3. The lowest BCUT2D eigenvalue weighted by Crippen LogP contribution is -2.51. The van der Waals surface area contributed by atoms with E-state index in [1.54, 1.807) is 20.8 Å². The molecule has 5 rings (SSSR count). The Balaban J connectivity index is 0.000000281. The van der Waals surface area contributed by atoms with Crippen LogP contribution in [0.15, 0.2) is 170 Å². The molecule has 0 bridgehead atoms. The summed E-state index contributed by atoms with van der Waals surface area (Å²) < 4.78 is 0. The number of benzene rings is 5. The van der Waals surface area contributed by atoms with E-state index in [0.717, 1.165) is 33.4 Å². The molecule has 0 heterocycles. The number of fused-ring (bicyclic) bond motifs is 1. The van der Waals surface area contributed by atoms with Crippen LogP contribution in [0.1, 0.15) is 96.0 Å². The first kappa shape index (κ1) is 51.1. The topological polar surface area (TPSA) is 140 Å². The Labute approximate surface area is 364 Å². The Morgan fingerprint density at radius 1 is 0.492 bits per heavy atom. The van der Waals surface area contributed by atoms with E-state index in [2.05, 4.69) is 74.9 Å². The van der Waals surface area contributed by atoms with Crippen LogP contribution < -0.4 is 5.73 Å². The van der Waals surface area contributed by atoms with Crippen LogP contribution in [0.5, 0.6) is 0 Å². The zero-order valence-electron chi connectivity index (χ0n) is 37.4. The third kappa shape index (κ3) is 18.0. The first-order valence-corrected chi connectivity index (χ1v) is 20.7. The second kappa shape index (κ2) is 24.3. The number of carbonyl (C=O) groups is 3. The fraction of sp³-hybridized carbons (Fsp3) is 0.315. The molecule has 5 aromatic carbocycles. The molecule has 4 atom stereocenters. The second-order valence-corrected chi connectivity index (χ2v) is 17.5. The van der Waals surface area contributed by atoms with Crippen molar-refractivity contribution in [3.63, 3.8) is 0 Å². The average molecular weight is 827 g/mol. The molecule has 0 amide bonds. The molecule has 7 nitrogen and oxygen atoms in total. The number of hydrogen-bond acceptors (Lipinski definition) is 3. The fourth-order valence-corrected chi connectivity index (χ4v) is 7.29. The number of rotatable bonds is 16. The summed E-state index contributed by atoms with van der Waals surface area (Å²) in [6, 6.07) is 44.4. The summed E-state index contributed by atoms with van der Waals surface area (Å²) in [6.45, 7) is 24.4. The maximum Gasteiger partial charge on any atom is 0.310 e. The lowest BCUT2D eigenvalue weighted by atomic mass is 9.79. The van der Waals surface area contributed by atoms with E-state index in [4.69, 9.17) is 0 Å². The smallest absolute Gasteiger partial charge is 0.310 e. The Morgan fingerprint density at radius 2 is 0.770 bits per heavy atom. The number of allylic oxidation sites excluding steroid dienone is 3. The first-order valence-electron chi connectivity index (χ1n) is 20.7. The minimum atomic E-state index is -0.764. The molecule has 0 saturated carbocycles. The molecule has 0 aliphatic rings. The number of quaternary nitrogens is 1.